The molecule has 1 aromatic carbocycles. The van der Waals surface area contributed by atoms with Crippen LogP contribution in [-0.4, -0.2) is 47.3 Å². The number of carboxylic acid groups (broad SMARTS) is 1. The maximum atomic E-state index is 13.0. The predicted molar refractivity (Wildman–Crippen MR) is 112 cm³/mol. The van der Waals surface area contributed by atoms with Gasteiger partial charge in [-0.1, -0.05) is 61.6 Å². The van der Waals surface area contributed by atoms with Gasteiger partial charge in [0.2, 0.25) is 5.91 Å². The van der Waals surface area contributed by atoms with Crippen LogP contribution in [0.1, 0.15) is 32.3 Å². The summed E-state index contributed by atoms with van der Waals surface area (Å²) in [5, 5.41) is 11.3. The van der Waals surface area contributed by atoms with Gasteiger partial charge in [-0.2, -0.15) is 0 Å². The quantitative estimate of drug-likeness (QED) is 0.264. The first kappa shape index (κ1) is 23.1. The fourth-order valence-corrected chi connectivity index (χ4v) is 2.83. The number of carbonyl (C=O) groups excluding carboxylic acids is 2. The first-order valence-electron chi connectivity index (χ1n) is 9.64. The van der Waals surface area contributed by atoms with E-state index in [4.69, 9.17) is 14.6 Å². The summed E-state index contributed by atoms with van der Waals surface area (Å²) in [6.07, 6.45) is 8.26. The van der Waals surface area contributed by atoms with E-state index in [1.807, 2.05) is 44.2 Å². The van der Waals surface area contributed by atoms with Crippen LogP contribution >= 0.6 is 0 Å². The molecule has 0 saturated carbocycles. The van der Waals surface area contributed by atoms with Crippen molar-refractivity contribution in [3.8, 4) is 0 Å². The number of nitrogens with one attached hydrogen (secondary N) is 1. The van der Waals surface area contributed by atoms with Gasteiger partial charge < -0.3 is 19.9 Å². The molecule has 160 valence electrons. The number of carboxylic acids is 1. The molecule has 0 aromatic heterocycles. The number of benzene rings is 1. The van der Waals surface area contributed by atoms with Crippen molar-refractivity contribution in [1.82, 2.24) is 5.32 Å². The summed E-state index contributed by atoms with van der Waals surface area (Å²) in [5.74, 6) is -2.20. The Kier molecular flexibility index (Phi) is 8.12. The van der Waals surface area contributed by atoms with Gasteiger partial charge in [0.15, 0.2) is 6.10 Å². The highest BCUT2D eigenvalue weighted by Crippen LogP contribution is 2.33. The van der Waals surface area contributed by atoms with Gasteiger partial charge in [-0.25, -0.2) is 9.59 Å². The largest absolute Gasteiger partial charge is 0.478 e. The fraction of sp³-hybridized carbons (Fsp3) is 0.348. The first-order valence-corrected chi connectivity index (χ1v) is 9.64. The van der Waals surface area contributed by atoms with E-state index in [0.717, 1.165) is 11.6 Å². The van der Waals surface area contributed by atoms with Crippen LogP contribution in [0.4, 0.5) is 0 Å². The van der Waals surface area contributed by atoms with Crippen LogP contribution in [0.2, 0.25) is 0 Å². The number of hydrogen-bond acceptors (Lipinski definition) is 5. The number of amides is 1. The zero-order valence-corrected chi connectivity index (χ0v) is 17.3. The van der Waals surface area contributed by atoms with Gasteiger partial charge in [-0.05, 0) is 18.6 Å². The Hall–Kier alpha value is -3.19. The van der Waals surface area contributed by atoms with E-state index >= 15 is 0 Å². The highest BCUT2D eigenvalue weighted by Gasteiger charge is 2.49. The molecular weight excluding hydrogens is 386 g/mol. The molecule has 7 nitrogen and oxygen atoms in total. The topological polar surface area (TPSA) is 105 Å². The van der Waals surface area contributed by atoms with Crippen molar-refractivity contribution in [3.63, 3.8) is 0 Å². The molecule has 1 heterocycles. The van der Waals surface area contributed by atoms with Crippen LogP contribution in [0, 0.1) is 0 Å². The van der Waals surface area contributed by atoms with E-state index in [2.05, 4.69) is 5.32 Å². The van der Waals surface area contributed by atoms with Crippen LogP contribution in [0.25, 0.3) is 0 Å². The van der Waals surface area contributed by atoms with E-state index in [1.165, 1.54) is 13.0 Å². The lowest BCUT2D eigenvalue weighted by molar-refractivity contribution is -0.154. The highest BCUT2D eigenvalue weighted by atomic mass is 16.6. The van der Waals surface area contributed by atoms with Crippen molar-refractivity contribution in [2.24, 2.45) is 0 Å². The number of allylic oxidation sites excluding steroid dienone is 4. The fourth-order valence-electron chi connectivity index (χ4n) is 2.83. The molecule has 1 aromatic rings. The van der Waals surface area contributed by atoms with Gasteiger partial charge in [-0.3, -0.25) is 4.79 Å². The summed E-state index contributed by atoms with van der Waals surface area (Å²) in [7, 11) is 0. The SMILES string of the molecule is CC(=O)NC(C(=O)OC(C=CC=CC=CC(=O)O)C1(C)CO1)C(C)c1ccccc1. The van der Waals surface area contributed by atoms with Crippen LogP contribution < -0.4 is 5.32 Å². The number of hydrogen-bond donors (Lipinski definition) is 2. The molecule has 1 fully saturated rings. The number of esters is 1. The van der Waals surface area contributed by atoms with Crippen LogP contribution in [0.5, 0.6) is 0 Å². The normalized spacial score (nSPS) is 21.4. The summed E-state index contributed by atoms with van der Waals surface area (Å²) < 4.78 is 11.2. The summed E-state index contributed by atoms with van der Waals surface area (Å²) in [4.78, 5) is 35.1. The molecule has 2 rings (SSSR count). The van der Waals surface area contributed by atoms with E-state index in [1.54, 1.807) is 24.3 Å². The highest BCUT2D eigenvalue weighted by molar-refractivity contribution is 5.84. The lowest BCUT2D eigenvalue weighted by Crippen LogP contribution is -2.46. The number of rotatable bonds is 10. The Morgan fingerprint density at radius 1 is 1.17 bits per heavy atom. The lowest BCUT2D eigenvalue weighted by Gasteiger charge is -2.26. The molecule has 0 bridgehead atoms. The van der Waals surface area contributed by atoms with Crippen molar-refractivity contribution < 1.29 is 29.0 Å². The molecule has 1 aliphatic rings. The molecule has 30 heavy (non-hydrogen) atoms. The summed E-state index contributed by atoms with van der Waals surface area (Å²) in [6, 6.07) is 8.57. The van der Waals surface area contributed by atoms with Crippen molar-refractivity contribution in [2.45, 2.75) is 44.4 Å². The second-order valence-corrected chi connectivity index (χ2v) is 7.30. The molecule has 2 N–H and O–H groups in total. The number of carbonyl (C=O) groups is 3. The molecule has 1 saturated heterocycles. The molecule has 0 aliphatic carbocycles. The maximum Gasteiger partial charge on any atom is 0.329 e. The minimum atomic E-state index is -1.04. The zero-order chi connectivity index (χ0) is 22.1. The van der Waals surface area contributed by atoms with Gasteiger partial charge in [0, 0.05) is 18.9 Å². The first-order chi connectivity index (χ1) is 14.2. The van der Waals surface area contributed by atoms with E-state index in [9.17, 15) is 14.4 Å². The monoisotopic (exact) mass is 413 g/mol. The Morgan fingerprint density at radius 2 is 1.80 bits per heavy atom. The Labute approximate surface area is 176 Å². The van der Waals surface area contributed by atoms with Gasteiger partial charge in [0.25, 0.3) is 0 Å². The average Bonchev–Trinajstić information content (AvgIpc) is 3.46. The van der Waals surface area contributed by atoms with Crippen molar-refractivity contribution in [2.75, 3.05) is 6.61 Å². The van der Waals surface area contributed by atoms with Crippen LogP contribution in [0.15, 0.2) is 66.8 Å². The average molecular weight is 413 g/mol. The second-order valence-electron chi connectivity index (χ2n) is 7.30. The predicted octanol–water partition coefficient (Wildman–Crippen LogP) is 2.75. The Bertz CT molecular complexity index is 839. The van der Waals surface area contributed by atoms with Gasteiger partial charge in [-0.15, -0.1) is 0 Å². The maximum absolute atomic E-state index is 13.0. The molecule has 0 spiro atoms. The van der Waals surface area contributed by atoms with Crippen molar-refractivity contribution in [3.05, 3.63) is 72.4 Å². The van der Waals surface area contributed by atoms with Crippen LogP contribution in [0.3, 0.4) is 0 Å². The van der Waals surface area contributed by atoms with Crippen molar-refractivity contribution >= 4 is 17.8 Å². The third-order valence-corrected chi connectivity index (χ3v) is 4.74. The summed E-state index contributed by atoms with van der Waals surface area (Å²) in [5.41, 5.74) is 0.274. The second kappa shape index (κ2) is 10.5. The Morgan fingerprint density at radius 3 is 2.37 bits per heavy atom. The van der Waals surface area contributed by atoms with Gasteiger partial charge >= 0.3 is 11.9 Å². The van der Waals surface area contributed by atoms with Gasteiger partial charge in [0.1, 0.15) is 11.6 Å². The molecule has 1 amide bonds. The lowest BCUT2D eigenvalue weighted by atomic mass is 9.93. The molecule has 4 unspecified atom stereocenters. The minimum absolute atomic E-state index is 0.291. The summed E-state index contributed by atoms with van der Waals surface area (Å²) in [6.45, 7) is 5.49. The van der Waals surface area contributed by atoms with Gasteiger partial charge in [0.05, 0.1) is 6.61 Å². The zero-order valence-electron chi connectivity index (χ0n) is 17.3. The molecule has 7 heteroatoms. The molecule has 4 atom stereocenters. The van der Waals surface area contributed by atoms with Crippen LogP contribution in [-0.2, 0) is 23.9 Å². The van der Waals surface area contributed by atoms with E-state index in [0.29, 0.717) is 6.61 Å². The molecular formula is C23H27NO6. The third-order valence-electron chi connectivity index (χ3n) is 4.74. The van der Waals surface area contributed by atoms with Crippen molar-refractivity contribution in [1.29, 1.82) is 0 Å². The van der Waals surface area contributed by atoms with E-state index in [-0.39, 0.29) is 11.8 Å². The number of epoxide rings is 1. The smallest absolute Gasteiger partial charge is 0.329 e. The summed E-state index contributed by atoms with van der Waals surface area (Å²) >= 11 is 0. The number of ether oxygens (including phenoxy) is 2. The standard InChI is InChI=1S/C23H27NO6/c1-16(18-11-7-6-8-12-18)21(24-17(2)25)22(28)30-19(23(3)15-29-23)13-9-4-5-10-14-20(26)27/h4-14,16,19,21H,15H2,1-3H3,(H,24,25)(H,26,27). The molecule has 1 aliphatic heterocycles. The molecule has 0 radical (unpaired) electrons. The third kappa shape index (κ3) is 7.00. The minimum Gasteiger partial charge on any atom is -0.478 e. The number of aliphatic carboxylic acids is 1. The Balaban J connectivity index is 2.13. The van der Waals surface area contributed by atoms with E-state index < -0.39 is 29.7 Å².